The number of esters is 1. The molecule has 0 unspecified atom stereocenters. The van der Waals surface area contributed by atoms with Crippen LogP contribution in [0.1, 0.15) is 142 Å². The lowest BCUT2D eigenvalue weighted by Crippen LogP contribution is -3.00. The molecule has 0 heterocycles. The Labute approximate surface area is 208 Å². The van der Waals surface area contributed by atoms with E-state index in [0.717, 1.165) is 17.4 Å². The highest BCUT2D eigenvalue weighted by molar-refractivity contribution is 5.70. The van der Waals surface area contributed by atoms with Gasteiger partial charge < -0.3 is 21.6 Å². The normalized spacial score (nSPS) is 11.4. The van der Waals surface area contributed by atoms with Crippen LogP contribution in [0.25, 0.3) is 0 Å². The third-order valence-electron chi connectivity index (χ3n) is 6.44. The van der Waals surface area contributed by atoms with Crippen molar-refractivity contribution in [3.05, 3.63) is 0 Å². The molecule has 194 valence electrons. The minimum atomic E-state index is -0.0204. The highest BCUT2D eigenvalue weighted by atomic mass is 35.5. The fraction of sp³-hybridized carbons (Fsp3) is 0.964. The maximum absolute atomic E-state index is 12.2. The first-order valence-electron chi connectivity index (χ1n) is 14.0. The summed E-state index contributed by atoms with van der Waals surface area (Å²) < 4.78 is 6.25. The van der Waals surface area contributed by atoms with E-state index in [1.807, 2.05) is 0 Å². The summed E-state index contributed by atoms with van der Waals surface area (Å²) in [4.78, 5) is 12.2. The van der Waals surface area contributed by atoms with Gasteiger partial charge in [0.25, 0.3) is 0 Å². The van der Waals surface area contributed by atoms with Crippen molar-refractivity contribution in [3.8, 4) is 0 Å². The molecule has 0 N–H and O–H groups in total. The van der Waals surface area contributed by atoms with Crippen molar-refractivity contribution in [2.75, 3.05) is 33.8 Å². The Morgan fingerprint density at radius 1 is 0.562 bits per heavy atom. The summed E-state index contributed by atoms with van der Waals surface area (Å²) in [5.41, 5.74) is 0. The second kappa shape index (κ2) is 25.3. The lowest BCUT2D eigenvalue weighted by molar-refractivity contribution is -0.883. The number of quaternary nitrogens is 1. The zero-order chi connectivity index (χ0) is 23.0. The highest BCUT2D eigenvalue weighted by Gasteiger charge is 2.20. The van der Waals surface area contributed by atoms with E-state index < -0.39 is 0 Å². The van der Waals surface area contributed by atoms with Gasteiger partial charge in [-0.1, -0.05) is 123 Å². The fourth-order valence-electron chi connectivity index (χ4n) is 4.28. The van der Waals surface area contributed by atoms with Crippen LogP contribution in [0.2, 0.25) is 0 Å². The topological polar surface area (TPSA) is 26.3 Å². The summed E-state index contributed by atoms with van der Waals surface area (Å²) in [6, 6.07) is 0. The number of halogens is 1. The first-order valence-corrected chi connectivity index (χ1v) is 14.0. The summed E-state index contributed by atoms with van der Waals surface area (Å²) in [6.45, 7) is 6.73. The second-order valence-corrected chi connectivity index (χ2v) is 10.4. The standard InChI is InChI=1S/C28H58NO2.ClH/c1-5-7-9-11-13-15-17-19-21-23-25-29(3,4)27-28(30)31-26-24-22-20-18-16-14-12-10-8-6-2;/h5-27H2,1-4H3;1H/q+1;/p-1. The van der Waals surface area contributed by atoms with Crippen LogP contribution in [-0.2, 0) is 9.53 Å². The lowest BCUT2D eigenvalue weighted by atomic mass is 10.1. The Kier molecular flexibility index (Phi) is 26.8. The largest absolute Gasteiger partial charge is 1.00 e. The van der Waals surface area contributed by atoms with E-state index in [-0.39, 0.29) is 18.4 Å². The molecule has 0 aromatic carbocycles. The molecule has 32 heavy (non-hydrogen) atoms. The Bertz CT molecular complexity index is 388. The predicted octanol–water partition coefficient (Wildman–Crippen LogP) is 5.45. The van der Waals surface area contributed by atoms with Crippen molar-refractivity contribution in [2.24, 2.45) is 0 Å². The van der Waals surface area contributed by atoms with Crippen molar-refractivity contribution in [3.63, 3.8) is 0 Å². The van der Waals surface area contributed by atoms with Crippen molar-refractivity contribution in [2.45, 2.75) is 142 Å². The summed E-state index contributed by atoms with van der Waals surface area (Å²) in [5, 5.41) is 0. The third-order valence-corrected chi connectivity index (χ3v) is 6.44. The molecule has 3 nitrogen and oxygen atoms in total. The van der Waals surface area contributed by atoms with E-state index >= 15 is 0 Å². The number of hydrogen-bond acceptors (Lipinski definition) is 2. The van der Waals surface area contributed by atoms with Gasteiger partial charge in [-0.2, -0.15) is 0 Å². The summed E-state index contributed by atoms with van der Waals surface area (Å²) >= 11 is 0. The van der Waals surface area contributed by atoms with Gasteiger partial charge >= 0.3 is 5.97 Å². The number of ether oxygens (including phenoxy) is 1. The van der Waals surface area contributed by atoms with Crippen LogP contribution in [-0.4, -0.2) is 44.2 Å². The average molecular weight is 476 g/mol. The Balaban J connectivity index is 0. The van der Waals surface area contributed by atoms with Gasteiger partial charge in [0.2, 0.25) is 0 Å². The molecule has 0 aliphatic carbocycles. The molecular weight excluding hydrogens is 418 g/mol. The Hall–Kier alpha value is -0.280. The van der Waals surface area contributed by atoms with E-state index in [2.05, 4.69) is 27.9 Å². The zero-order valence-electron chi connectivity index (χ0n) is 22.4. The minimum absolute atomic E-state index is 0. The fourth-order valence-corrected chi connectivity index (χ4v) is 4.28. The summed E-state index contributed by atoms with van der Waals surface area (Å²) in [5.74, 6) is -0.0204. The molecule has 0 spiro atoms. The Morgan fingerprint density at radius 3 is 1.31 bits per heavy atom. The number of carbonyl (C=O) groups is 1. The SMILES string of the molecule is CCCCCCCCCCCCOC(=O)C[N+](C)(C)CCCCCCCCCCCC.[Cl-]. The van der Waals surface area contributed by atoms with Gasteiger partial charge in [-0.3, -0.25) is 0 Å². The molecule has 0 fully saturated rings. The van der Waals surface area contributed by atoms with E-state index in [4.69, 9.17) is 4.74 Å². The maximum atomic E-state index is 12.2. The number of likely N-dealkylation sites (N-methyl/N-ethyl adjacent to an activating group) is 1. The monoisotopic (exact) mass is 475 g/mol. The highest BCUT2D eigenvalue weighted by Crippen LogP contribution is 2.12. The van der Waals surface area contributed by atoms with Crippen LogP contribution >= 0.6 is 0 Å². The minimum Gasteiger partial charge on any atom is -1.00 e. The molecule has 4 heteroatoms. The molecule has 0 rings (SSSR count). The molecule has 0 bridgehead atoms. The van der Waals surface area contributed by atoms with Crippen LogP contribution in [0, 0.1) is 0 Å². The lowest BCUT2D eigenvalue weighted by Gasteiger charge is -2.28. The summed E-state index contributed by atoms with van der Waals surface area (Å²) in [7, 11) is 4.32. The second-order valence-electron chi connectivity index (χ2n) is 10.4. The average Bonchev–Trinajstić information content (AvgIpc) is 2.73. The van der Waals surface area contributed by atoms with Crippen molar-refractivity contribution < 1.29 is 26.4 Å². The first-order chi connectivity index (χ1) is 15.0. The van der Waals surface area contributed by atoms with Gasteiger partial charge in [-0.15, -0.1) is 0 Å². The Morgan fingerprint density at radius 2 is 0.906 bits per heavy atom. The van der Waals surface area contributed by atoms with Gasteiger partial charge in [-0.25, -0.2) is 4.79 Å². The first kappa shape index (κ1) is 33.9. The van der Waals surface area contributed by atoms with Gasteiger partial charge in [0.15, 0.2) is 6.54 Å². The molecule has 0 aliphatic rings. The number of carbonyl (C=O) groups excluding carboxylic acids is 1. The molecule has 0 radical (unpaired) electrons. The van der Waals surface area contributed by atoms with Crippen LogP contribution in [0.5, 0.6) is 0 Å². The maximum Gasteiger partial charge on any atom is 0.361 e. The van der Waals surface area contributed by atoms with Gasteiger partial charge in [0, 0.05) is 0 Å². The smallest absolute Gasteiger partial charge is 0.361 e. The van der Waals surface area contributed by atoms with Crippen molar-refractivity contribution in [1.29, 1.82) is 0 Å². The molecule has 0 aromatic heterocycles. The van der Waals surface area contributed by atoms with E-state index in [1.165, 1.54) is 122 Å². The van der Waals surface area contributed by atoms with E-state index in [1.54, 1.807) is 0 Å². The predicted molar refractivity (Wildman–Crippen MR) is 136 cm³/mol. The molecule has 0 aliphatic heterocycles. The zero-order valence-corrected chi connectivity index (χ0v) is 23.2. The van der Waals surface area contributed by atoms with Crippen LogP contribution < -0.4 is 12.4 Å². The van der Waals surface area contributed by atoms with E-state index in [9.17, 15) is 4.79 Å². The molecular formula is C28H58ClNO2. The quantitative estimate of drug-likeness (QED) is 0.105. The number of rotatable bonds is 24. The van der Waals surface area contributed by atoms with E-state index in [0.29, 0.717) is 13.2 Å². The van der Waals surface area contributed by atoms with Crippen LogP contribution in [0.15, 0.2) is 0 Å². The molecule has 0 amide bonds. The van der Waals surface area contributed by atoms with Crippen LogP contribution in [0.3, 0.4) is 0 Å². The molecule has 0 saturated carbocycles. The van der Waals surface area contributed by atoms with Gasteiger partial charge in [0.05, 0.1) is 27.2 Å². The molecule has 0 saturated heterocycles. The summed E-state index contributed by atoms with van der Waals surface area (Å²) in [6.07, 6.45) is 26.7. The van der Waals surface area contributed by atoms with Crippen molar-refractivity contribution in [1.82, 2.24) is 0 Å². The number of unbranched alkanes of at least 4 members (excludes halogenated alkanes) is 18. The number of hydrogen-bond donors (Lipinski definition) is 0. The van der Waals surface area contributed by atoms with Gasteiger partial charge in [0.1, 0.15) is 0 Å². The van der Waals surface area contributed by atoms with Crippen molar-refractivity contribution >= 4 is 5.97 Å². The third kappa shape index (κ3) is 26.0. The van der Waals surface area contributed by atoms with Gasteiger partial charge in [-0.05, 0) is 19.3 Å². The van der Waals surface area contributed by atoms with Crippen LogP contribution in [0.4, 0.5) is 0 Å². The molecule has 0 atom stereocenters. The number of nitrogens with zero attached hydrogens (tertiary/aromatic N) is 1. The molecule has 0 aromatic rings.